The number of aromatic amines is 1. The average Bonchev–Trinajstić information content (AvgIpc) is 2.80. The zero-order valence-electron chi connectivity index (χ0n) is 10.6. The van der Waals surface area contributed by atoms with Gasteiger partial charge >= 0.3 is 0 Å². The third kappa shape index (κ3) is 3.06. The van der Waals surface area contributed by atoms with Gasteiger partial charge in [-0.3, -0.25) is 9.89 Å². The van der Waals surface area contributed by atoms with Gasteiger partial charge in [-0.15, -0.1) is 0 Å². The molecule has 1 heterocycles. The molecule has 0 aliphatic carbocycles. The maximum absolute atomic E-state index is 12.0. The number of rotatable bonds is 3. The lowest BCUT2D eigenvalue weighted by Crippen LogP contribution is -2.12. The highest BCUT2D eigenvalue weighted by molar-refractivity contribution is 6.31. The van der Waals surface area contributed by atoms with E-state index >= 15 is 0 Å². The van der Waals surface area contributed by atoms with E-state index in [1.54, 1.807) is 6.07 Å². The second kappa shape index (κ2) is 5.32. The molecule has 1 aromatic heterocycles. The summed E-state index contributed by atoms with van der Waals surface area (Å²) in [5, 5.41) is 19.4. The molecule has 0 unspecified atom stereocenters. The third-order valence-electron chi connectivity index (χ3n) is 2.66. The molecule has 6 heteroatoms. The molecule has 0 saturated heterocycles. The van der Waals surface area contributed by atoms with Gasteiger partial charge < -0.3 is 10.4 Å². The van der Waals surface area contributed by atoms with Gasteiger partial charge in [-0.25, -0.2) is 0 Å². The van der Waals surface area contributed by atoms with Gasteiger partial charge in [0.2, 0.25) is 0 Å². The summed E-state index contributed by atoms with van der Waals surface area (Å²) in [7, 11) is 0. The maximum Gasteiger partial charge on any atom is 0.260 e. The number of amides is 1. The fourth-order valence-corrected chi connectivity index (χ4v) is 1.74. The van der Waals surface area contributed by atoms with E-state index in [2.05, 4.69) is 15.5 Å². The van der Waals surface area contributed by atoms with Crippen molar-refractivity contribution in [2.24, 2.45) is 0 Å². The van der Waals surface area contributed by atoms with Crippen LogP contribution in [0.4, 0.5) is 5.82 Å². The zero-order chi connectivity index (χ0) is 14.0. The SMILES string of the molecule is CC(C)c1cc(NC(=O)c2cc(Cl)ccc2O)n[nH]1. The predicted octanol–water partition coefficient (Wildman–Crippen LogP) is 3.14. The number of carbonyl (C=O) groups excluding carboxylic acids is 1. The Balaban J connectivity index is 2.18. The molecule has 2 aromatic rings. The molecule has 19 heavy (non-hydrogen) atoms. The molecule has 0 atom stereocenters. The molecule has 3 N–H and O–H groups in total. The summed E-state index contributed by atoms with van der Waals surface area (Å²) in [6, 6.07) is 6.05. The second-order valence-corrected chi connectivity index (χ2v) is 4.92. The summed E-state index contributed by atoms with van der Waals surface area (Å²) in [5.74, 6) is 0.120. The topological polar surface area (TPSA) is 78.0 Å². The van der Waals surface area contributed by atoms with Crippen LogP contribution in [0.2, 0.25) is 5.02 Å². The smallest absolute Gasteiger partial charge is 0.260 e. The van der Waals surface area contributed by atoms with E-state index in [0.717, 1.165) is 5.69 Å². The van der Waals surface area contributed by atoms with Crippen LogP contribution in [0, 0.1) is 0 Å². The number of hydrogen-bond donors (Lipinski definition) is 3. The standard InChI is InChI=1S/C13H14ClN3O2/c1-7(2)10-6-12(17-16-10)15-13(19)9-5-8(14)3-4-11(9)18/h3-7,18H,1-2H3,(H2,15,16,17,19). The number of carbonyl (C=O) groups is 1. The van der Waals surface area contributed by atoms with E-state index in [0.29, 0.717) is 10.8 Å². The number of phenolic OH excluding ortho intramolecular Hbond substituents is 1. The molecule has 2 rings (SSSR count). The number of aromatic hydroxyl groups is 1. The maximum atomic E-state index is 12.0. The fraction of sp³-hybridized carbons (Fsp3) is 0.231. The van der Waals surface area contributed by atoms with Gasteiger partial charge in [-0.05, 0) is 24.1 Å². The summed E-state index contributed by atoms with van der Waals surface area (Å²) in [6.45, 7) is 4.03. The predicted molar refractivity (Wildman–Crippen MR) is 73.7 cm³/mol. The van der Waals surface area contributed by atoms with Crippen molar-refractivity contribution in [3.05, 3.63) is 40.5 Å². The lowest BCUT2D eigenvalue weighted by Gasteiger charge is -2.04. The molecule has 0 aliphatic rings. The number of H-pyrrole nitrogens is 1. The quantitative estimate of drug-likeness (QED) is 0.807. The minimum absolute atomic E-state index is 0.113. The average molecular weight is 280 g/mol. The lowest BCUT2D eigenvalue weighted by atomic mass is 10.1. The Morgan fingerprint density at radius 3 is 2.79 bits per heavy atom. The van der Waals surface area contributed by atoms with Gasteiger partial charge in [-0.1, -0.05) is 25.4 Å². The largest absolute Gasteiger partial charge is 0.507 e. The van der Waals surface area contributed by atoms with Crippen LogP contribution in [-0.2, 0) is 0 Å². The molecule has 0 aliphatic heterocycles. The number of aromatic nitrogens is 2. The Morgan fingerprint density at radius 2 is 2.16 bits per heavy atom. The minimum Gasteiger partial charge on any atom is -0.507 e. The lowest BCUT2D eigenvalue weighted by molar-refractivity contribution is 0.102. The van der Waals surface area contributed by atoms with Crippen molar-refractivity contribution in [1.29, 1.82) is 0 Å². The van der Waals surface area contributed by atoms with Crippen molar-refractivity contribution in [3.8, 4) is 5.75 Å². The second-order valence-electron chi connectivity index (χ2n) is 4.48. The Labute approximate surface area is 115 Å². The number of hydrogen-bond acceptors (Lipinski definition) is 3. The molecule has 1 aromatic carbocycles. The number of nitrogens with one attached hydrogen (secondary N) is 2. The highest BCUT2D eigenvalue weighted by Gasteiger charge is 2.14. The van der Waals surface area contributed by atoms with Crippen molar-refractivity contribution in [2.75, 3.05) is 5.32 Å². The number of phenols is 1. The molecule has 0 radical (unpaired) electrons. The number of anilines is 1. The van der Waals surface area contributed by atoms with Crippen molar-refractivity contribution in [1.82, 2.24) is 10.2 Å². The van der Waals surface area contributed by atoms with Crippen LogP contribution in [0.3, 0.4) is 0 Å². The Bertz CT molecular complexity index is 608. The molecule has 0 bridgehead atoms. The first-order valence-electron chi connectivity index (χ1n) is 5.82. The van der Waals surface area contributed by atoms with E-state index in [9.17, 15) is 9.90 Å². The van der Waals surface area contributed by atoms with Crippen LogP contribution in [0.5, 0.6) is 5.75 Å². The van der Waals surface area contributed by atoms with Gasteiger partial charge in [0.15, 0.2) is 5.82 Å². The molecular formula is C13H14ClN3O2. The molecule has 0 fully saturated rings. The third-order valence-corrected chi connectivity index (χ3v) is 2.90. The van der Waals surface area contributed by atoms with Crippen molar-refractivity contribution < 1.29 is 9.90 Å². The molecule has 1 amide bonds. The van der Waals surface area contributed by atoms with Gasteiger partial charge in [-0.2, -0.15) is 5.10 Å². The van der Waals surface area contributed by atoms with E-state index in [1.165, 1.54) is 18.2 Å². The molecule has 0 saturated carbocycles. The van der Waals surface area contributed by atoms with Crippen molar-refractivity contribution >= 4 is 23.3 Å². The van der Waals surface area contributed by atoms with E-state index < -0.39 is 5.91 Å². The van der Waals surface area contributed by atoms with Crippen LogP contribution >= 0.6 is 11.6 Å². The summed E-state index contributed by atoms with van der Waals surface area (Å²) in [6.07, 6.45) is 0. The van der Waals surface area contributed by atoms with Crippen LogP contribution in [-0.4, -0.2) is 21.2 Å². The summed E-state index contributed by atoms with van der Waals surface area (Å²) < 4.78 is 0. The highest BCUT2D eigenvalue weighted by Crippen LogP contribution is 2.23. The van der Waals surface area contributed by atoms with Crippen molar-refractivity contribution in [2.45, 2.75) is 19.8 Å². The normalized spacial score (nSPS) is 10.7. The first-order chi connectivity index (χ1) is 8.97. The fourth-order valence-electron chi connectivity index (χ4n) is 1.57. The minimum atomic E-state index is -0.457. The molecule has 5 nitrogen and oxygen atoms in total. The number of nitrogens with zero attached hydrogens (tertiary/aromatic N) is 1. The van der Waals surface area contributed by atoms with Crippen molar-refractivity contribution in [3.63, 3.8) is 0 Å². The summed E-state index contributed by atoms with van der Waals surface area (Å²) in [5.41, 5.74) is 1.03. The van der Waals surface area contributed by atoms with Crippen LogP contribution < -0.4 is 5.32 Å². The van der Waals surface area contributed by atoms with Gasteiger partial charge in [0.1, 0.15) is 5.75 Å². The van der Waals surface area contributed by atoms with E-state index in [1.807, 2.05) is 13.8 Å². The Hall–Kier alpha value is -2.01. The van der Waals surface area contributed by atoms with E-state index in [-0.39, 0.29) is 17.2 Å². The molecule has 100 valence electrons. The van der Waals surface area contributed by atoms with Crippen LogP contribution in [0.1, 0.15) is 35.8 Å². The van der Waals surface area contributed by atoms with Gasteiger partial charge in [0.25, 0.3) is 5.91 Å². The summed E-state index contributed by atoms with van der Waals surface area (Å²) in [4.78, 5) is 12.0. The highest BCUT2D eigenvalue weighted by atomic mass is 35.5. The van der Waals surface area contributed by atoms with Crippen LogP contribution in [0.15, 0.2) is 24.3 Å². The summed E-state index contributed by atoms with van der Waals surface area (Å²) >= 11 is 5.80. The number of halogens is 1. The van der Waals surface area contributed by atoms with E-state index in [4.69, 9.17) is 11.6 Å². The Morgan fingerprint density at radius 1 is 1.42 bits per heavy atom. The monoisotopic (exact) mass is 279 g/mol. The van der Waals surface area contributed by atoms with Gasteiger partial charge in [0, 0.05) is 16.8 Å². The van der Waals surface area contributed by atoms with Gasteiger partial charge in [0.05, 0.1) is 5.56 Å². The molecular weight excluding hydrogens is 266 g/mol. The first kappa shape index (κ1) is 13.4. The number of benzene rings is 1. The molecule has 0 spiro atoms. The zero-order valence-corrected chi connectivity index (χ0v) is 11.3. The first-order valence-corrected chi connectivity index (χ1v) is 6.20. The Kier molecular flexibility index (Phi) is 3.76. The van der Waals surface area contributed by atoms with Crippen LogP contribution in [0.25, 0.3) is 0 Å².